The molecule has 0 aliphatic rings. The number of benzene rings is 2. The predicted molar refractivity (Wildman–Crippen MR) is 81.8 cm³/mol. The fourth-order valence-corrected chi connectivity index (χ4v) is 2.14. The van der Waals surface area contributed by atoms with Crippen LogP contribution in [-0.2, 0) is 6.54 Å². The summed E-state index contributed by atoms with van der Waals surface area (Å²) in [5.41, 5.74) is 0.196. The van der Waals surface area contributed by atoms with Gasteiger partial charge in [-0.25, -0.2) is 4.39 Å². The number of carbonyl (C=O) groups is 1. The van der Waals surface area contributed by atoms with Gasteiger partial charge in [0, 0.05) is 31.3 Å². The molecule has 23 heavy (non-hydrogen) atoms. The molecule has 6 nitrogen and oxygen atoms in total. The number of nitrogens with zero attached hydrogens (tertiary/aromatic N) is 2. The molecule has 0 atom stereocenters. The van der Waals surface area contributed by atoms with Crippen LogP contribution in [0.5, 0.6) is 5.75 Å². The first-order valence-electron chi connectivity index (χ1n) is 6.75. The van der Waals surface area contributed by atoms with Crippen molar-refractivity contribution in [2.45, 2.75) is 6.54 Å². The molecule has 0 saturated heterocycles. The summed E-state index contributed by atoms with van der Waals surface area (Å²) in [6.07, 6.45) is 0. The van der Waals surface area contributed by atoms with Gasteiger partial charge in [0.15, 0.2) is 0 Å². The van der Waals surface area contributed by atoms with Crippen LogP contribution in [0.2, 0.25) is 0 Å². The van der Waals surface area contributed by atoms with Crippen LogP contribution < -0.4 is 4.74 Å². The minimum atomic E-state index is -0.590. The molecule has 0 saturated carbocycles. The van der Waals surface area contributed by atoms with E-state index in [1.807, 2.05) is 0 Å². The highest BCUT2D eigenvalue weighted by atomic mass is 19.1. The molecular formula is C16H15FN2O4. The number of ether oxygens (including phenoxy) is 1. The second-order valence-electron chi connectivity index (χ2n) is 4.89. The maximum atomic E-state index is 13.7. The molecule has 1 amide bonds. The predicted octanol–water partition coefficient (Wildman–Crippen LogP) is 3.01. The minimum Gasteiger partial charge on any atom is -0.496 e. The number of nitro groups is 1. The average Bonchev–Trinajstić information content (AvgIpc) is 2.55. The van der Waals surface area contributed by atoms with Gasteiger partial charge in [-0.2, -0.15) is 0 Å². The summed E-state index contributed by atoms with van der Waals surface area (Å²) < 4.78 is 18.8. The fourth-order valence-electron chi connectivity index (χ4n) is 2.14. The lowest BCUT2D eigenvalue weighted by molar-refractivity contribution is -0.384. The Morgan fingerprint density at radius 2 is 2.00 bits per heavy atom. The van der Waals surface area contributed by atoms with E-state index in [0.29, 0.717) is 5.56 Å². The first-order valence-corrected chi connectivity index (χ1v) is 6.75. The molecule has 2 aromatic carbocycles. The summed E-state index contributed by atoms with van der Waals surface area (Å²) in [7, 11) is 2.86. The molecule has 120 valence electrons. The molecule has 0 unspecified atom stereocenters. The van der Waals surface area contributed by atoms with E-state index in [-0.39, 0.29) is 23.5 Å². The van der Waals surface area contributed by atoms with Crippen LogP contribution in [0.25, 0.3) is 0 Å². The summed E-state index contributed by atoms with van der Waals surface area (Å²) in [6.45, 7) is 0.0390. The van der Waals surface area contributed by atoms with E-state index in [0.717, 1.165) is 6.07 Å². The van der Waals surface area contributed by atoms with Crippen LogP contribution in [0.1, 0.15) is 15.9 Å². The van der Waals surface area contributed by atoms with Crippen molar-refractivity contribution >= 4 is 11.6 Å². The molecule has 2 aromatic rings. The quantitative estimate of drug-likeness (QED) is 0.627. The highest BCUT2D eigenvalue weighted by molar-refractivity contribution is 5.97. The van der Waals surface area contributed by atoms with Gasteiger partial charge in [0.05, 0.1) is 17.6 Å². The molecule has 0 N–H and O–H groups in total. The van der Waals surface area contributed by atoms with Crippen LogP contribution in [0.15, 0.2) is 42.5 Å². The Labute approximate surface area is 132 Å². The number of hydrogen-bond acceptors (Lipinski definition) is 4. The van der Waals surface area contributed by atoms with E-state index in [2.05, 4.69) is 0 Å². The minimum absolute atomic E-state index is 0.0390. The zero-order valence-corrected chi connectivity index (χ0v) is 12.7. The monoisotopic (exact) mass is 318 g/mol. The van der Waals surface area contributed by atoms with Gasteiger partial charge in [0.2, 0.25) is 0 Å². The topological polar surface area (TPSA) is 72.7 Å². The third-order valence-corrected chi connectivity index (χ3v) is 3.34. The first-order chi connectivity index (χ1) is 10.9. The van der Waals surface area contributed by atoms with Crippen LogP contribution >= 0.6 is 0 Å². The number of carbonyl (C=O) groups excluding carboxylic acids is 1. The smallest absolute Gasteiger partial charge is 0.270 e. The lowest BCUT2D eigenvalue weighted by atomic mass is 10.1. The van der Waals surface area contributed by atoms with Crippen molar-refractivity contribution in [2.24, 2.45) is 0 Å². The lowest BCUT2D eigenvalue weighted by Gasteiger charge is -2.19. The molecule has 0 aliphatic carbocycles. The molecule has 0 radical (unpaired) electrons. The third kappa shape index (κ3) is 3.63. The Morgan fingerprint density at radius 3 is 2.61 bits per heavy atom. The van der Waals surface area contributed by atoms with E-state index in [9.17, 15) is 19.3 Å². The van der Waals surface area contributed by atoms with Gasteiger partial charge in [-0.05, 0) is 12.1 Å². The Morgan fingerprint density at radius 1 is 1.30 bits per heavy atom. The molecule has 0 heterocycles. The molecule has 0 fully saturated rings. The van der Waals surface area contributed by atoms with Crippen LogP contribution in [-0.4, -0.2) is 29.9 Å². The van der Waals surface area contributed by atoms with Gasteiger partial charge < -0.3 is 9.64 Å². The van der Waals surface area contributed by atoms with Gasteiger partial charge in [0.1, 0.15) is 11.6 Å². The van der Waals surface area contributed by atoms with Gasteiger partial charge in [-0.3, -0.25) is 14.9 Å². The van der Waals surface area contributed by atoms with Crippen molar-refractivity contribution in [2.75, 3.05) is 14.2 Å². The molecule has 2 rings (SSSR count). The SMILES string of the molecule is COc1ccc([N+](=O)[O-])cc1C(=O)N(C)Cc1ccccc1F. The van der Waals surface area contributed by atoms with Crippen molar-refractivity contribution in [1.29, 1.82) is 0 Å². The Bertz CT molecular complexity index is 749. The van der Waals surface area contributed by atoms with Crippen molar-refractivity contribution in [3.63, 3.8) is 0 Å². The van der Waals surface area contributed by atoms with E-state index in [4.69, 9.17) is 4.74 Å². The number of non-ortho nitro benzene ring substituents is 1. The number of hydrogen-bond donors (Lipinski definition) is 0. The standard InChI is InChI=1S/C16H15FN2O4/c1-18(10-11-5-3-4-6-14(11)17)16(20)13-9-12(19(21)22)7-8-15(13)23-2/h3-9H,10H2,1-2H3. The van der Waals surface area contributed by atoms with Gasteiger partial charge in [-0.15, -0.1) is 0 Å². The van der Waals surface area contributed by atoms with Crippen LogP contribution in [0.4, 0.5) is 10.1 Å². The second kappa shape index (κ2) is 6.87. The third-order valence-electron chi connectivity index (χ3n) is 3.34. The van der Waals surface area contributed by atoms with Crippen LogP contribution in [0.3, 0.4) is 0 Å². The number of nitro benzene ring substituents is 1. The normalized spacial score (nSPS) is 10.2. The Hall–Kier alpha value is -2.96. The van der Waals surface area contributed by atoms with E-state index in [1.165, 1.54) is 37.3 Å². The Balaban J connectivity index is 2.30. The Kier molecular flexibility index (Phi) is 4.90. The molecule has 0 aliphatic heterocycles. The number of halogens is 1. The zero-order chi connectivity index (χ0) is 17.0. The summed E-state index contributed by atoms with van der Waals surface area (Å²) >= 11 is 0. The van der Waals surface area contributed by atoms with Gasteiger partial charge in [0.25, 0.3) is 11.6 Å². The number of methoxy groups -OCH3 is 1. The van der Waals surface area contributed by atoms with Crippen molar-refractivity contribution in [3.05, 3.63) is 69.5 Å². The molecule has 0 spiro atoms. The lowest BCUT2D eigenvalue weighted by Crippen LogP contribution is -2.27. The first kappa shape index (κ1) is 16.4. The van der Waals surface area contributed by atoms with E-state index < -0.39 is 16.6 Å². The molecule has 0 bridgehead atoms. The number of rotatable bonds is 5. The highest BCUT2D eigenvalue weighted by Gasteiger charge is 2.21. The van der Waals surface area contributed by atoms with Crippen molar-refractivity contribution in [1.82, 2.24) is 4.90 Å². The van der Waals surface area contributed by atoms with Crippen LogP contribution in [0, 0.1) is 15.9 Å². The number of amides is 1. The van der Waals surface area contributed by atoms with Gasteiger partial charge in [-0.1, -0.05) is 18.2 Å². The molecule has 0 aromatic heterocycles. The highest BCUT2D eigenvalue weighted by Crippen LogP contribution is 2.25. The van der Waals surface area contributed by atoms with Crippen molar-refractivity contribution in [3.8, 4) is 5.75 Å². The van der Waals surface area contributed by atoms with Gasteiger partial charge >= 0.3 is 0 Å². The maximum Gasteiger partial charge on any atom is 0.270 e. The maximum absolute atomic E-state index is 13.7. The molecule has 7 heteroatoms. The summed E-state index contributed by atoms with van der Waals surface area (Å²) in [5.74, 6) is -0.687. The average molecular weight is 318 g/mol. The summed E-state index contributed by atoms with van der Waals surface area (Å²) in [5, 5.41) is 10.9. The van der Waals surface area contributed by atoms with Crippen molar-refractivity contribution < 1.29 is 18.8 Å². The zero-order valence-electron chi connectivity index (χ0n) is 12.7. The summed E-state index contributed by atoms with van der Waals surface area (Å²) in [4.78, 5) is 24.1. The fraction of sp³-hybridized carbons (Fsp3) is 0.188. The van der Waals surface area contributed by atoms with E-state index in [1.54, 1.807) is 18.2 Å². The largest absolute Gasteiger partial charge is 0.496 e. The summed E-state index contributed by atoms with van der Waals surface area (Å²) in [6, 6.07) is 9.88. The van der Waals surface area contributed by atoms with E-state index >= 15 is 0 Å². The molecular weight excluding hydrogens is 303 g/mol. The second-order valence-corrected chi connectivity index (χ2v) is 4.89.